The van der Waals surface area contributed by atoms with Gasteiger partial charge in [-0.05, 0) is 49.1 Å². The van der Waals surface area contributed by atoms with E-state index >= 15 is 0 Å². The highest BCUT2D eigenvalue weighted by Crippen LogP contribution is 2.43. The number of aliphatic hydroxyl groups is 1. The fraction of sp³-hybridized carbons (Fsp3) is 0.385. The van der Waals surface area contributed by atoms with Crippen molar-refractivity contribution < 1.29 is 13.5 Å². The fourth-order valence-corrected chi connectivity index (χ4v) is 7.18. The number of aryl methyl sites for hydroxylation is 1. The second-order valence-corrected chi connectivity index (χ2v) is 11.1. The lowest BCUT2D eigenvalue weighted by atomic mass is 9.74. The highest BCUT2D eigenvalue weighted by molar-refractivity contribution is 7.89. The van der Waals surface area contributed by atoms with E-state index in [0.717, 1.165) is 41.6 Å². The van der Waals surface area contributed by atoms with Crippen LogP contribution in [0.1, 0.15) is 29.9 Å². The number of benzene rings is 2. The Bertz CT molecular complexity index is 1230. The number of sulfonamides is 1. The van der Waals surface area contributed by atoms with Gasteiger partial charge in [0, 0.05) is 49.0 Å². The smallest absolute Gasteiger partial charge is 0.243 e. The summed E-state index contributed by atoms with van der Waals surface area (Å²) in [5, 5.41) is 10.2. The molecule has 0 unspecified atom stereocenters. The van der Waals surface area contributed by atoms with Crippen LogP contribution in [-0.2, 0) is 10.0 Å². The normalized spacial score (nSPS) is 24.0. The van der Waals surface area contributed by atoms with Gasteiger partial charge >= 0.3 is 0 Å². The Hall–Kier alpha value is -2.65. The van der Waals surface area contributed by atoms with Gasteiger partial charge in [0.2, 0.25) is 10.0 Å². The zero-order valence-electron chi connectivity index (χ0n) is 19.3. The van der Waals surface area contributed by atoms with Crippen molar-refractivity contribution in [3.05, 3.63) is 78.4 Å². The van der Waals surface area contributed by atoms with Crippen LogP contribution in [0.15, 0.2) is 72.1 Å². The molecular weight excluding hydrogens is 448 g/mol. The molecule has 3 atom stereocenters. The van der Waals surface area contributed by atoms with E-state index in [-0.39, 0.29) is 24.6 Å². The molecule has 2 aliphatic heterocycles. The molecular formula is C26H30N4O3S. The van der Waals surface area contributed by atoms with Crippen LogP contribution in [0.25, 0.3) is 11.1 Å². The number of rotatable bonds is 5. The summed E-state index contributed by atoms with van der Waals surface area (Å²) in [6.07, 6.45) is 6.80. The van der Waals surface area contributed by atoms with Crippen molar-refractivity contribution in [3.63, 3.8) is 0 Å². The number of hydrogen-bond acceptors (Lipinski definition) is 6. The van der Waals surface area contributed by atoms with E-state index in [4.69, 9.17) is 0 Å². The van der Waals surface area contributed by atoms with E-state index in [9.17, 15) is 13.5 Å². The molecule has 0 bridgehead atoms. The summed E-state index contributed by atoms with van der Waals surface area (Å²) in [6, 6.07) is 15.5. The van der Waals surface area contributed by atoms with E-state index in [1.807, 2.05) is 19.1 Å². The maximum Gasteiger partial charge on any atom is 0.243 e. The molecule has 3 aromatic rings. The molecule has 2 saturated heterocycles. The van der Waals surface area contributed by atoms with Crippen LogP contribution in [0.4, 0.5) is 0 Å². The Morgan fingerprint density at radius 1 is 0.971 bits per heavy atom. The van der Waals surface area contributed by atoms with Crippen molar-refractivity contribution in [3.8, 4) is 11.1 Å². The molecule has 2 aliphatic rings. The molecule has 0 saturated carbocycles. The van der Waals surface area contributed by atoms with Crippen molar-refractivity contribution >= 4 is 10.0 Å². The van der Waals surface area contributed by atoms with Crippen molar-refractivity contribution in [2.24, 2.45) is 0 Å². The van der Waals surface area contributed by atoms with E-state index in [1.54, 1.807) is 28.8 Å². The first-order valence-corrected chi connectivity index (χ1v) is 13.2. The van der Waals surface area contributed by atoms with Gasteiger partial charge in [0.1, 0.15) is 6.33 Å². The van der Waals surface area contributed by atoms with Crippen LogP contribution in [-0.4, -0.2) is 71.0 Å². The predicted octanol–water partition coefficient (Wildman–Crippen LogP) is 3.07. The summed E-state index contributed by atoms with van der Waals surface area (Å²) < 4.78 is 28.8. The summed E-state index contributed by atoms with van der Waals surface area (Å²) >= 11 is 0. The van der Waals surface area contributed by atoms with Crippen LogP contribution in [0.5, 0.6) is 0 Å². The van der Waals surface area contributed by atoms with Gasteiger partial charge in [-0.25, -0.2) is 18.4 Å². The van der Waals surface area contributed by atoms with Gasteiger partial charge < -0.3 is 5.11 Å². The largest absolute Gasteiger partial charge is 0.395 e. The highest BCUT2D eigenvalue weighted by Gasteiger charge is 2.50. The quantitative estimate of drug-likeness (QED) is 0.607. The van der Waals surface area contributed by atoms with E-state index in [2.05, 4.69) is 39.1 Å². The van der Waals surface area contributed by atoms with E-state index in [1.165, 1.54) is 6.33 Å². The second kappa shape index (κ2) is 9.54. The summed E-state index contributed by atoms with van der Waals surface area (Å²) in [4.78, 5) is 10.9. The first-order chi connectivity index (χ1) is 16.5. The molecule has 0 aliphatic carbocycles. The third kappa shape index (κ3) is 4.15. The maximum absolute atomic E-state index is 13.6. The van der Waals surface area contributed by atoms with Gasteiger partial charge in [-0.1, -0.05) is 42.5 Å². The van der Waals surface area contributed by atoms with Crippen molar-refractivity contribution in [2.75, 3.05) is 26.2 Å². The number of aromatic nitrogens is 2. The molecule has 0 radical (unpaired) electrons. The minimum Gasteiger partial charge on any atom is -0.395 e. The zero-order valence-corrected chi connectivity index (χ0v) is 20.1. The Morgan fingerprint density at radius 3 is 2.38 bits per heavy atom. The minimum absolute atomic E-state index is 0.00276. The lowest BCUT2D eigenvalue weighted by Gasteiger charge is -2.57. The summed E-state index contributed by atoms with van der Waals surface area (Å²) in [5.74, 6) is 0.0683. The van der Waals surface area contributed by atoms with Gasteiger partial charge in [-0.3, -0.25) is 4.90 Å². The topological polar surface area (TPSA) is 86.6 Å². The SMILES string of the molecule is Cc1ccccc1S(=O)(=O)N1CCCCN2[C@@H](CO)[C@H](c3ccc(-c4cncnc4)cc3)[C@@H]2C1. The van der Waals surface area contributed by atoms with Gasteiger partial charge in [-0.2, -0.15) is 4.31 Å². The molecule has 2 fully saturated rings. The van der Waals surface area contributed by atoms with E-state index < -0.39 is 10.0 Å². The molecule has 5 rings (SSSR count). The third-order valence-electron chi connectivity index (χ3n) is 7.23. The molecule has 8 heteroatoms. The summed E-state index contributed by atoms with van der Waals surface area (Å²) in [6.45, 7) is 3.72. The molecule has 0 amide bonds. The van der Waals surface area contributed by atoms with Gasteiger partial charge in [0.25, 0.3) is 0 Å². The number of nitrogens with zero attached hydrogens (tertiary/aromatic N) is 4. The second-order valence-electron chi connectivity index (χ2n) is 9.17. The molecule has 178 valence electrons. The first-order valence-electron chi connectivity index (χ1n) is 11.8. The monoisotopic (exact) mass is 478 g/mol. The van der Waals surface area contributed by atoms with Crippen LogP contribution < -0.4 is 0 Å². The number of hydrogen-bond donors (Lipinski definition) is 1. The molecule has 34 heavy (non-hydrogen) atoms. The first kappa shape index (κ1) is 23.1. The minimum atomic E-state index is -3.60. The lowest BCUT2D eigenvalue weighted by molar-refractivity contribution is -0.0553. The third-order valence-corrected chi connectivity index (χ3v) is 9.26. The standard InChI is InChI=1S/C26H30N4O3S/c1-19-6-2-3-7-25(19)34(32,33)29-12-4-5-13-30-23(16-29)26(24(30)17-31)21-10-8-20(9-11-21)22-14-27-18-28-15-22/h2-3,6-11,14-15,18,23-24,26,31H,4-5,12-13,16-17H2,1H3/t23-,24-,26+/m0/s1. The van der Waals surface area contributed by atoms with E-state index in [0.29, 0.717) is 18.0 Å². The Labute approximate surface area is 201 Å². The van der Waals surface area contributed by atoms with Crippen molar-refractivity contribution in [2.45, 2.75) is 42.7 Å². The van der Waals surface area contributed by atoms with Gasteiger partial charge in [0.05, 0.1) is 11.5 Å². The van der Waals surface area contributed by atoms with Crippen molar-refractivity contribution in [1.82, 2.24) is 19.2 Å². The average Bonchev–Trinajstić information content (AvgIpc) is 2.84. The molecule has 2 aromatic carbocycles. The number of aliphatic hydroxyl groups excluding tert-OH is 1. The van der Waals surface area contributed by atoms with Crippen LogP contribution in [0.3, 0.4) is 0 Å². The zero-order chi connectivity index (χ0) is 23.7. The molecule has 7 nitrogen and oxygen atoms in total. The summed E-state index contributed by atoms with van der Waals surface area (Å²) in [7, 11) is -3.60. The Morgan fingerprint density at radius 2 is 1.68 bits per heavy atom. The predicted molar refractivity (Wildman–Crippen MR) is 131 cm³/mol. The fourth-order valence-electron chi connectivity index (χ4n) is 5.46. The summed E-state index contributed by atoms with van der Waals surface area (Å²) in [5.41, 5.74) is 3.86. The molecule has 1 aromatic heterocycles. The molecule has 3 heterocycles. The van der Waals surface area contributed by atoms with Gasteiger partial charge in [0.15, 0.2) is 0 Å². The number of fused-ring (bicyclic) bond motifs is 1. The Kier molecular flexibility index (Phi) is 6.48. The highest BCUT2D eigenvalue weighted by atomic mass is 32.2. The van der Waals surface area contributed by atoms with Crippen LogP contribution >= 0.6 is 0 Å². The lowest BCUT2D eigenvalue weighted by Crippen LogP contribution is -2.67. The molecule has 0 spiro atoms. The molecule has 1 N–H and O–H groups in total. The average molecular weight is 479 g/mol. The Balaban J connectivity index is 1.44. The van der Waals surface area contributed by atoms with Crippen LogP contribution in [0, 0.1) is 6.92 Å². The van der Waals surface area contributed by atoms with Crippen molar-refractivity contribution in [1.29, 1.82) is 0 Å². The maximum atomic E-state index is 13.6. The van der Waals surface area contributed by atoms with Crippen LogP contribution in [0.2, 0.25) is 0 Å². The van der Waals surface area contributed by atoms with Gasteiger partial charge in [-0.15, -0.1) is 0 Å².